The van der Waals surface area contributed by atoms with Gasteiger partial charge in [-0.25, -0.2) is 4.79 Å². The number of imide groups is 1. The molecule has 2 aromatic carbocycles. The van der Waals surface area contributed by atoms with Gasteiger partial charge in [-0.2, -0.15) is 0 Å². The Morgan fingerprint density at radius 2 is 1.59 bits per heavy atom. The van der Waals surface area contributed by atoms with E-state index < -0.39 is 5.54 Å². The number of benzene rings is 2. The highest BCUT2D eigenvalue weighted by atomic mass is 16.2. The van der Waals surface area contributed by atoms with Crippen LogP contribution in [0.2, 0.25) is 0 Å². The number of carbonyl (C=O) groups excluding carboxylic acids is 2. The van der Waals surface area contributed by atoms with Crippen LogP contribution in [0.3, 0.4) is 0 Å². The number of amides is 3. The van der Waals surface area contributed by atoms with Gasteiger partial charge in [0.25, 0.3) is 0 Å². The van der Waals surface area contributed by atoms with Crippen LogP contribution in [0.4, 0.5) is 4.79 Å². The summed E-state index contributed by atoms with van der Waals surface area (Å²) >= 11 is 0. The predicted molar refractivity (Wildman–Crippen MR) is 129 cm³/mol. The van der Waals surface area contributed by atoms with E-state index in [1.807, 2.05) is 39.0 Å². The highest BCUT2D eigenvalue weighted by Crippen LogP contribution is 2.18. The summed E-state index contributed by atoms with van der Waals surface area (Å²) in [6.45, 7) is 6.91. The van der Waals surface area contributed by atoms with E-state index in [-0.39, 0.29) is 18.0 Å². The molecule has 172 valence electrons. The summed E-state index contributed by atoms with van der Waals surface area (Å²) in [4.78, 5) is 27.7. The molecule has 0 bridgehead atoms. The number of rotatable bonds is 8. The number of urea groups is 1. The summed E-state index contributed by atoms with van der Waals surface area (Å²) < 4.78 is 0. The monoisotopic (exact) mass is 435 g/mol. The Morgan fingerprint density at radius 1 is 0.938 bits per heavy atom. The van der Waals surface area contributed by atoms with Gasteiger partial charge in [0, 0.05) is 18.6 Å². The molecular weight excluding hydrogens is 398 g/mol. The zero-order valence-corrected chi connectivity index (χ0v) is 19.7. The fourth-order valence-electron chi connectivity index (χ4n) is 4.11. The first-order valence-electron chi connectivity index (χ1n) is 11.8. The van der Waals surface area contributed by atoms with Crippen LogP contribution >= 0.6 is 0 Å². The topological polar surface area (TPSA) is 61.4 Å². The van der Waals surface area contributed by atoms with Gasteiger partial charge in [-0.1, -0.05) is 67.4 Å². The van der Waals surface area contributed by atoms with Gasteiger partial charge in [-0.15, -0.1) is 0 Å². The third-order valence-electron chi connectivity index (χ3n) is 5.81. The van der Waals surface area contributed by atoms with Crippen molar-refractivity contribution in [1.29, 1.82) is 0 Å². The first-order chi connectivity index (χ1) is 15.3. The normalized spacial score (nSPS) is 15.7. The Labute approximate surface area is 192 Å². The molecule has 0 spiro atoms. The average molecular weight is 436 g/mol. The highest BCUT2D eigenvalue weighted by molar-refractivity contribution is 5.97. The largest absolute Gasteiger partial charge is 0.333 e. The molecule has 2 aromatic rings. The van der Waals surface area contributed by atoms with E-state index in [1.54, 1.807) is 0 Å². The van der Waals surface area contributed by atoms with E-state index in [9.17, 15) is 9.59 Å². The smallest absolute Gasteiger partial charge is 0.324 e. The van der Waals surface area contributed by atoms with Gasteiger partial charge in [-0.05, 0) is 63.1 Å². The average Bonchev–Trinajstić information content (AvgIpc) is 2.77. The molecule has 5 heteroatoms. The summed E-state index contributed by atoms with van der Waals surface area (Å²) in [5.74, 6) is -0.134. The molecule has 1 heterocycles. The molecule has 1 atom stereocenters. The van der Waals surface area contributed by atoms with Gasteiger partial charge < -0.3 is 10.6 Å². The molecular formula is C27H37N3O2. The van der Waals surface area contributed by atoms with Crippen molar-refractivity contribution < 1.29 is 9.59 Å². The van der Waals surface area contributed by atoms with Crippen molar-refractivity contribution in [3.05, 3.63) is 71.3 Å². The molecule has 2 N–H and O–H groups in total. The van der Waals surface area contributed by atoms with Crippen LogP contribution in [0.25, 0.3) is 0 Å². The van der Waals surface area contributed by atoms with E-state index in [2.05, 4.69) is 47.0 Å². The van der Waals surface area contributed by atoms with Gasteiger partial charge in [-0.3, -0.25) is 9.69 Å². The van der Waals surface area contributed by atoms with Gasteiger partial charge in [0.15, 0.2) is 0 Å². The van der Waals surface area contributed by atoms with Crippen molar-refractivity contribution in [3.8, 4) is 0 Å². The van der Waals surface area contributed by atoms with Crippen LogP contribution in [0.1, 0.15) is 63.1 Å². The van der Waals surface area contributed by atoms with Gasteiger partial charge in [0.1, 0.15) is 0 Å². The molecule has 0 aliphatic carbocycles. The van der Waals surface area contributed by atoms with Gasteiger partial charge in [0.2, 0.25) is 5.91 Å². The third kappa shape index (κ3) is 7.20. The quantitative estimate of drug-likeness (QED) is 0.583. The van der Waals surface area contributed by atoms with Crippen LogP contribution in [-0.4, -0.2) is 35.0 Å². The fraction of sp³-hybridized carbons (Fsp3) is 0.481. The molecule has 1 aliphatic rings. The highest BCUT2D eigenvalue weighted by Gasteiger charge is 2.32. The number of aryl methyl sites for hydroxylation is 1. The number of hydrogen-bond acceptors (Lipinski definition) is 3. The molecule has 32 heavy (non-hydrogen) atoms. The number of unbranched alkanes of at least 4 members (excludes halogenated alkanes) is 3. The number of carbonyl (C=O) groups is 2. The van der Waals surface area contributed by atoms with Crippen LogP contribution in [0.15, 0.2) is 54.6 Å². The second-order valence-electron chi connectivity index (χ2n) is 9.73. The maximum atomic E-state index is 13.3. The van der Waals surface area contributed by atoms with Crippen molar-refractivity contribution >= 4 is 11.9 Å². The summed E-state index contributed by atoms with van der Waals surface area (Å²) in [5.41, 5.74) is 3.37. The summed E-state index contributed by atoms with van der Waals surface area (Å²) in [6, 6.07) is 18.0. The first kappa shape index (κ1) is 24.0. The molecule has 0 fully saturated rings. The van der Waals surface area contributed by atoms with Crippen molar-refractivity contribution in [2.75, 3.05) is 6.54 Å². The van der Waals surface area contributed by atoms with Gasteiger partial charge in [0.05, 0.1) is 6.04 Å². The Balaban J connectivity index is 1.54. The van der Waals surface area contributed by atoms with Crippen LogP contribution in [-0.2, 0) is 24.2 Å². The maximum absolute atomic E-state index is 13.3. The summed E-state index contributed by atoms with van der Waals surface area (Å²) in [5, 5.41) is 6.30. The lowest BCUT2D eigenvalue weighted by atomic mass is 9.95. The SMILES string of the molecule is CC(C)(C)NC(=O)N(CCCCCCc1ccccc1)C(=O)C1Cc2ccccc2CN1. The molecule has 3 rings (SSSR count). The molecule has 3 amide bonds. The molecule has 0 radical (unpaired) electrons. The Bertz CT molecular complexity index is 889. The van der Waals surface area contributed by atoms with Crippen molar-refractivity contribution in [2.24, 2.45) is 0 Å². The molecule has 0 aromatic heterocycles. The lowest BCUT2D eigenvalue weighted by molar-refractivity contribution is -0.130. The van der Waals surface area contributed by atoms with E-state index in [4.69, 9.17) is 0 Å². The molecule has 0 saturated carbocycles. The predicted octanol–water partition coefficient (Wildman–Crippen LogP) is 4.84. The lowest BCUT2D eigenvalue weighted by Crippen LogP contribution is -2.56. The first-order valence-corrected chi connectivity index (χ1v) is 11.8. The van der Waals surface area contributed by atoms with Crippen LogP contribution < -0.4 is 10.6 Å². The summed E-state index contributed by atoms with van der Waals surface area (Å²) in [7, 11) is 0. The number of hydrogen-bond donors (Lipinski definition) is 2. The minimum absolute atomic E-state index is 0.134. The maximum Gasteiger partial charge on any atom is 0.324 e. The number of fused-ring (bicyclic) bond motifs is 1. The lowest BCUT2D eigenvalue weighted by Gasteiger charge is -2.32. The fourth-order valence-corrected chi connectivity index (χ4v) is 4.11. The second kappa shape index (κ2) is 11.3. The summed E-state index contributed by atoms with van der Waals surface area (Å²) in [6.07, 6.45) is 5.71. The third-order valence-corrected chi connectivity index (χ3v) is 5.81. The van der Waals surface area contributed by atoms with Gasteiger partial charge >= 0.3 is 6.03 Å². The van der Waals surface area contributed by atoms with Crippen LogP contribution in [0, 0.1) is 0 Å². The Hall–Kier alpha value is -2.66. The van der Waals surface area contributed by atoms with E-state index in [0.29, 0.717) is 19.5 Å². The molecule has 1 aliphatic heterocycles. The van der Waals surface area contributed by atoms with E-state index in [0.717, 1.165) is 32.1 Å². The minimum Gasteiger partial charge on any atom is -0.333 e. The Kier molecular flexibility index (Phi) is 8.46. The number of nitrogens with one attached hydrogen (secondary N) is 2. The molecule has 5 nitrogen and oxygen atoms in total. The zero-order chi connectivity index (χ0) is 23.0. The standard InChI is InChI=1S/C27H37N3O2/c1-27(2,3)29-26(32)30(18-12-5-4-7-13-21-14-8-6-9-15-21)25(31)24-19-22-16-10-11-17-23(22)20-28-24/h6,8-11,14-17,24,28H,4-5,7,12-13,18-20H2,1-3H3,(H,29,32). The van der Waals surface area contributed by atoms with Crippen molar-refractivity contribution in [1.82, 2.24) is 15.5 Å². The molecule has 0 saturated heterocycles. The van der Waals surface area contributed by atoms with Crippen LogP contribution in [0.5, 0.6) is 0 Å². The zero-order valence-electron chi connectivity index (χ0n) is 19.7. The molecule has 1 unspecified atom stereocenters. The van der Waals surface area contributed by atoms with Crippen molar-refractivity contribution in [2.45, 2.75) is 77.4 Å². The Morgan fingerprint density at radius 3 is 2.31 bits per heavy atom. The minimum atomic E-state index is -0.391. The van der Waals surface area contributed by atoms with E-state index in [1.165, 1.54) is 21.6 Å². The van der Waals surface area contributed by atoms with Crippen molar-refractivity contribution in [3.63, 3.8) is 0 Å². The second-order valence-corrected chi connectivity index (χ2v) is 9.73. The number of nitrogens with zero attached hydrogens (tertiary/aromatic N) is 1. The van der Waals surface area contributed by atoms with E-state index >= 15 is 0 Å².